The van der Waals surface area contributed by atoms with Gasteiger partial charge in [0.2, 0.25) is 0 Å². The predicted octanol–water partition coefficient (Wildman–Crippen LogP) is 7.26. The van der Waals surface area contributed by atoms with E-state index in [0.717, 1.165) is 28.1 Å². The molecule has 0 saturated heterocycles. The third-order valence-corrected chi connectivity index (χ3v) is 8.03. The molecule has 0 aromatic heterocycles. The van der Waals surface area contributed by atoms with Crippen LogP contribution in [0.15, 0.2) is 101 Å². The van der Waals surface area contributed by atoms with Crippen molar-refractivity contribution in [1.82, 2.24) is 5.32 Å². The van der Waals surface area contributed by atoms with E-state index in [9.17, 15) is 9.59 Å². The van der Waals surface area contributed by atoms with Gasteiger partial charge in [0, 0.05) is 17.0 Å². The second kappa shape index (κ2) is 11.7. The van der Waals surface area contributed by atoms with Gasteiger partial charge in [0.15, 0.2) is 0 Å². The van der Waals surface area contributed by atoms with E-state index in [1.165, 1.54) is 34.0 Å². The predicted molar refractivity (Wildman–Crippen MR) is 161 cm³/mol. The lowest BCUT2D eigenvalue weighted by molar-refractivity contribution is -0.114. The highest BCUT2D eigenvalue weighted by molar-refractivity contribution is 8.04. The SMILES string of the molecule is Cc1ccc(CCNC(=O)c2ccc(/C=C3\Sc4ccccc4N(Cc4cc(C)ccc4C)C3=O)cc2)cc1. The van der Waals surface area contributed by atoms with Gasteiger partial charge in [-0.25, -0.2) is 0 Å². The summed E-state index contributed by atoms with van der Waals surface area (Å²) in [6.07, 6.45) is 2.70. The van der Waals surface area contributed by atoms with E-state index in [4.69, 9.17) is 0 Å². The lowest BCUT2D eigenvalue weighted by Crippen LogP contribution is -2.34. The second-order valence-corrected chi connectivity index (χ2v) is 11.1. The Morgan fingerprint density at radius 1 is 0.872 bits per heavy atom. The Hall–Kier alpha value is -4.09. The third kappa shape index (κ3) is 6.32. The fourth-order valence-corrected chi connectivity index (χ4v) is 5.68. The van der Waals surface area contributed by atoms with Crippen molar-refractivity contribution >= 4 is 35.3 Å². The summed E-state index contributed by atoms with van der Waals surface area (Å²) in [5, 5.41) is 3.00. The van der Waals surface area contributed by atoms with Crippen LogP contribution in [-0.4, -0.2) is 18.4 Å². The molecule has 1 heterocycles. The molecule has 0 fully saturated rings. The topological polar surface area (TPSA) is 49.4 Å². The Bertz CT molecular complexity index is 1540. The molecular formula is C34H32N2O2S. The third-order valence-electron chi connectivity index (χ3n) is 6.96. The first-order chi connectivity index (χ1) is 18.9. The van der Waals surface area contributed by atoms with Crippen LogP contribution in [0.2, 0.25) is 0 Å². The normalized spacial score (nSPS) is 13.9. The number of para-hydroxylation sites is 1. The lowest BCUT2D eigenvalue weighted by atomic mass is 10.0. The lowest BCUT2D eigenvalue weighted by Gasteiger charge is -2.31. The van der Waals surface area contributed by atoms with Crippen LogP contribution in [0, 0.1) is 20.8 Å². The first kappa shape index (κ1) is 26.5. The van der Waals surface area contributed by atoms with Crippen molar-refractivity contribution in [2.75, 3.05) is 11.4 Å². The van der Waals surface area contributed by atoms with Crippen molar-refractivity contribution in [3.63, 3.8) is 0 Å². The first-order valence-corrected chi connectivity index (χ1v) is 14.0. The zero-order chi connectivity index (χ0) is 27.4. The van der Waals surface area contributed by atoms with Crippen LogP contribution in [0.4, 0.5) is 5.69 Å². The highest BCUT2D eigenvalue weighted by Crippen LogP contribution is 2.42. The molecule has 0 radical (unpaired) electrons. The number of rotatable bonds is 7. The average Bonchev–Trinajstić information content (AvgIpc) is 2.94. The van der Waals surface area contributed by atoms with Gasteiger partial charge >= 0.3 is 0 Å². The van der Waals surface area contributed by atoms with E-state index >= 15 is 0 Å². The monoisotopic (exact) mass is 532 g/mol. The van der Waals surface area contributed by atoms with Crippen molar-refractivity contribution in [3.8, 4) is 0 Å². The zero-order valence-corrected chi connectivity index (χ0v) is 23.3. The Morgan fingerprint density at radius 2 is 1.59 bits per heavy atom. The molecule has 1 N–H and O–H groups in total. The maximum atomic E-state index is 13.7. The molecule has 0 unspecified atom stereocenters. The number of anilines is 1. The van der Waals surface area contributed by atoms with Gasteiger partial charge in [-0.1, -0.05) is 89.6 Å². The van der Waals surface area contributed by atoms with Crippen LogP contribution in [-0.2, 0) is 17.8 Å². The van der Waals surface area contributed by atoms with Gasteiger partial charge in [-0.15, -0.1) is 0 Å². The van der Waals surface area contributed by atoms with Gasteiger partial charge in [-0.05, 0) is 79.8 Å². The molecular weight excluding hydrogens is 500 g/mol. The largest absolute Gasteiger partial charge is 0.352 e. The number of fused-ring (bicyclic) bond motifs is 1. The smallest absolute Gasteiger partial charge is 0.265 e. The summed E-state index contributed by atoms with van der Waals surface area (Å²) in [4.78, 5) is 29.9. The van der Waals surface area contributed by atoms with Crippen molar-refractivity contribution < 1.29 is 9.59 Å². The summed E-state index contributed by atoms with van der Waals surface area (Å²) in [7, 11) is 0. The Kier molecular flexibility index (Phi) is 7.99. The van der Waals surface area contributed by atoms with Crippen molar-refractivity contribution in [2.45, 2.75) is 38.6 Å². The number of thioether (sulfide) groups is 1. The molecule has 0 spiro atoms. The number of benzene rings is 4. The van der Waals surface area contributed by atoms with Crippen LogP contribution in [0.1, 0.15) is 43.7 Å². The van der Waals surface area contributed by atoms with Gasteiger partial charge in [0.25, 0.3) is 11.8 Å². The molecule has 4 aromatic carbocycles. The number of amides is 2. The van der Waals surface area contributed by atoms with Gasteiger partial charge < -0.3 is 10.2 Å². The molecule has 0 atom stereocenters. The zero-order valence-electron chi connectivity index (χ0n) is 22.5. The Balaban J connectivity index is 1.30. The first-order valence-electron chi connectivity index (χ1n) is 13.2. The number of nitrogens with zero attached hydrogens (tertiary/aromatic N) is 1. The maximum absolute atomic E-state index is 13.7. The van der Waals surface area contributed by atoms with Crippen molar-refractivity contribution in [3.05, 3.63) is 135 Å². The van der Waals surface area contributed by atoms with E-state index in [-0.39, 0.29) is 11.8 Å². The average molecular weight is 533 g/mol. The van der Waals surface area contributed by atoms with Crippen molar-refractivity contribution in [1.29, 1.82) is 0 Å². The second-order valence-electron chi connectivity index (χ2n) is 10.0. The number of nitrogens with one attached hydrogen (secondary N) is 1. The van der Waals surface area contributed by atoms with Crippen LogP contribution < -0.4 is 10.2 Å². The van der Waals surface area contributed by atoms with Gasteiger partial charge in [0.1, 0.15) is 0 Å². The fourth-order valence-electron chi connectivity index (χ4n) is 4.62. The molecule has 0 bridgehead atoms. The van der Waals surface area contributed by atoms with Crippen LogP contribution in [0.5, 0.6) is 0 Å². The molecule has 4 aromatic rings. The summed E-state index contributed by atoms with van der Waals surface area (Å²) in [6, 6.07) is 30.2. The molecule has 0 aliphatic carbocycles. The van der Waals surface area contributed by atoms with E-state index in [0.29, 0.717) is 23.6 Å². The molecule has 5 heteroatoms. The number of hydrogen-bond donors (Lipinski definition) is 1. The highest BCUT2D eigenvalue weighted by atomic mass is 32.2. The van der Waals surface area contributed by atoms with Crippen LogP contribution in [0.3, 0.4) is 0 Å². The molecule has 0 saturated carbocycles. The van der Waals surface area contributed by atoms with E-state index in [1.54, 1.807) is 0 Å². The summed E-state index contributed by atoms with van der Waals surface area (Å²) >= 11 is 1.49. The minimum Gasteiger partial charge on any atom is -0.352 e. The molecule has 5 rings (SSSR count). The number of aryl methyl sites for hydroxylation is 3. The summed E-state index contributed by atoms with van der Waals surface area (Å²) in [5.74, 6) is -0.115. The maximum Gasteiger partial charge on any atom is 0.265 e. The number of carbonyl (C=O) groups excluding carboxylic acids is 2. The number of carbonyl (C=O) groups is 2. The molecule has 1 aliphatic rings. The Labute approximate surface area is 234 Å². The summed E-state index contributed by atoms with van der Waals surface area (Å²) in [6.45, 7) is 7.32. The minimum absolute atomic E-state index is 0.0162. The van der Waals surface area contributed by atoms with Gasteiger partial charge in [-0.3, -0.25) is 9.59 Å². The van der Waals surface area contributed by atoms with Crippen LogP contribution in [0.25, 0.3) is 6.08 Å². The van der Waals surface area contributed by atoms with E-state index in [1.807, 2.05) is 53.4 Å². The van der Waals surface area contributed by atoms with E-state index in [2.05, 4.69) is 74.6 Å². The summed E-state index contributed by atoms with van der Waals surface area (Å²) in [5.41, 5.74) is 8.33. The standard InChI is InChI=1S/C34H32N2O2S/c1-23-9-12-26(13-10-23)18-19-35-33(37)28-16-14-27(15-17-28)21-32-34(38)36(30-6-4-5-7-31(30)39-32)22-29-20-24(2)8-11-25(29)3/h4-17,20-21H,18-19,22H2,1-3H3,(H,35,37)/b32-21-. The Morgan fingerprint density at radius 3 is 2.36 bits per heavy atom. The highest BCUT2D eigenvalue weighted by Gasteiger charge is 2.29. The molecule has 39 heavy (non-hydrogen) atoms. The van der Waals surface area contributed by atoms with Gasteiger partial charge in [-0.2, -0.15) is 0 Å². The van der Waals surface area contributed by atoms with Crippen molar-refractivity contribution in [2.24, 2.45) is 0 Å². The minimum atomic E-state index is -0.0990. The van der Waals surface area contributed by atoms with Crippen LogP contribution >= 0.6 is 11.8 Å². The fraction of sp³-hybridized carbons (Fsp3) is 0.176. The van der Waals surface area contributed by atoms with E-state index < -0.39 is 0 Å². The summed E-state index contributed by atoms with van der Waals surface area (Å²) < 4.78 is 0. The quantitative estimate of drug-likeness (QED) is 0.255. The molecule has 196 valence electrons. The molecule has 4 nitrogen and oxygen atoms in total. The molecule has 2 amide bonds. The molecule has 1 aliphatic heterocycles. The van der Waals surface area contributed by atoms with Gasteiger partial charge in [0.05, 0.1) is 17.1 Å². The number of hydrogen-bond acceptors (Lipinski definition) is 3.